The Morgan fingerprint density at radius 2 is 2.00 bits per heavy atom. The molecule has 19 heavy (non-hydrogen) atoms. The monoisotopic (exact) mass is 275 g/mol. The number of nitrogens with one attached hydrogen (secondary N) is 1. The van der Waals surface area contributed by atoms with E-state index < -0.39 is 0 Å². The first-order valence-corrected chi connectivity index (χ1v) is 8.55. The third-order valence-corrected chi connectivity index (χ3v) is 6.04. The molecule has 1 unspecified atom stereocenters. The van der Waals surface area contributed by atoms with E-state index in [-0.39, 0.29) is 0 Å². The Morgan fingerprint density at radius 1 is 1.26 bits per heavy atom. The summed E-state index contributed by atoms with van der Waals surface area (Å²) in [6.07, 6.45) is 9.48. The summed E-state index contributed by atoms with van der Waals surface area (Å²) in [5, 5.41) is 5.21. The van der Waals surface area contributed by atoms with Gasteiger partial charge in [-0.15, -0.1) is 11.3 Å². The van der Waals surface area contributed by atoms with Crippen LogP contribution in [0.15, 0.2) is 6.58 Å². The number of fused-ring (bicyclic) bond motifs is 1. The van der Waals surface area contributed by atoms with Crippen LogP contribution in [0.4, 0.5) is 5.00 Å². The average Bonchev–Trinajstić information content (AvgIpc) is 2.63. The Bertz CT molecular complexity index is 482. The maximum Gasteiger partial charge on any atom is 0.0966 e. The van der Waals surface area contributed by atoms with Crippen LogP contribution in [0.1, 0.15) is 62.0 Å². The predicted octanol–water partition coefficient (Wildman–Crippen LogP) is 5.26. The van der Waals surface area contributed by atoms with Crippen molar-refractivity contribution >= 4 is 21.9 Å². The summed E-state index contributed by atoms with van der Waals surface area (Å²) in [7, 11) is 0. The van der Waals surface area contributed by atoms with Crippen LogP contribution in [0.5, 0.6) is 0 Å². The smallest absolute Gasteiger partial charge is 0.0966 e. The number of hydrogen-bond acceptors (Lipinski definition) is 2. The lowest BCUT2D eigenvalue weighted by atomic mass is 9.80. The fourth-order valence-electron chi connectivity index (χ4n) is 3.38. The van der Waals surface area contributed by atoms with Gasteiger partial charge >= 0.3 is 0 Å². The van der Waals surface area contributed by atoms with E-state index in [1.54, 1.807) is 10.4 Å². The van der Waals surface area contributed by atoms with Gasteiger partial charge in [-0.3, -0.25) is 0 Å². The van der Waals surface area contributed by atoms with Gasteiger partial charge in [-0.2, -0.15) is 0 Å². The highest BCUT2D eigenvalue weighted by molar-refractivity contribution is 7.16. The average molecular weight is 275 g/mol. The normalized spacial score (nSPS) is 20.5. The van der Waals surface area contributed by atoms with Crippen LogP contribution in [0, 0.1) is 5.92 Å². The van der Waals surface area contributed by atoms with Gasteiger partial charge in [0.15, 0.2) is 0 Å². The van der Waals surface area contributed by atoms with Gasteiger partial charge in [0.2, 0.25) is 0 Å². The Hall–Kier alpha value is -0.760. The molecule has 0 aromatic carbocycles. The second-order valence-corrected chi connectivity index (χ2v) is 7.42. The molecule has 1 aromatic rings. The molecule has 1 saturated carbocycles. The third-order valence-electron chi connectivity index (χ3n) is 4.81. The molecule has 2 aliphatic rings. The minimum Gasteiger partial charge on any atom is -0.374 e. The highest BCUT2D eigenvalue weighted by Crippen LogP contribution is 2.42. The van der Waals surface area contributed by atoms with Gasteiger partial charge in [-0.1, -0.05) is 13.0 Å². The molecular weight excluding hydrogens is 250 g/mol. The summed E-state index contributed by atoms with van der Waals surface area (Å²) < 4.78 is 0. The van der Waals surface area contributed by atoms with Crippen LogP contribution in [0.25, 0.3) is 5.57 Å². The van der Waals surface area contributed by atoms with Gasteiger partial charge in [-0.05, 0) is 69.4 Å². The fourth-order valence-corrected chi connectivity index (χ4v) is 4.85. The second-order valence-electron chi connectivity index (χ2n) is 6.32. The van der Waals surface area contributed by atoms with Gasteiger partial charge in [-0.25, -0.2) is 0 Å². The molecule has 0 spiro atoms. The van der Waals surface area contributed by atoms with E-state index in [1.807, 2.05) is 11.3 Å². The Balaban J connectivity index is 1.86. The quantitative estimate of drug-likeness (QED) is 0.790. The first kappa shape index (κ1) is 13.2. The van der Waals surface area contributed by atoms with Crippen molar-refractivity contribution in [1.82, 2.24) is 0 Å². The molecule has 104 valence electrons. The molecular formula is C17H25NS. The van der Waals surface area contributed by atoms with Crippen LogP contribution in [-0.4, -0.2) is 6.04 Å². The molecule has 1 aromatic heterocycles. The molecule has 0 bridgehead atoms. The molecule has 1 nitrogen and oxygen atoms in total. The molecule has 2 heteroatoms. The highest BCUT2D eigenvalue weighted by atomic mass is 32.1. The van der Waals surface area contributed by atoms with Crippen LogP contribution >= 0.6 is 11.3 Å². The predicted molar refractivity (Wildman–Crippen MR) is 86.1 cm³/mol. The lowest BCUT2D eigenvalue weighted by Crippen LogP contribution is -2.30. The van der Waals surface area contributed by atoms with E-state index in [4.69, 9.17) is 0 Å². The summed E-state index contributed by atoms with van der Waals surface area (Å²) in [6.45, 7) is 8.73. The third kappa shape index (κ3) is 2.47. The molecule has 1 atom stereocenters. The zero-order valence-corrected chi connectivity index (χ0v) is 13.0. The number of anilines is 1. The van der Waals surface area contributed by atoms with Crippen molar-refractivity contribution in [2.24, 2.45) is 5.92 Å². The van der Waals surface area contributed by atoms with Crippen LogP contribution < -0.4 is 5.32 Å². The first-order valence-electron chi connectivity index (χ1n) is 7.73. The molecule has 1 fully saturated rings. The van der Waals surface area contributed by atoms with E-state index in [0.29, 0.717) is 6.04 Å². The largest absolute Gasteiger partial charge is 0.374 e. The number of allylic oxidation sites excluding steroid dienone is 1. The summed E-state index contributed by atoms with van der Waals surface area (Å²) in [4.78, 5) is 1.62. The summed E-state index contributed by atoms with van der Waals surface area (Å²) >= 11 is 2.00. The highest BCUT2D eigenvalue weighted by Gasteiger charge is 2.27. The lowest BCUT2D eigenvalue weighted by Gasteiger charge is -2.32. The van der Waals surface area contributed by atoms with Crippen LogP contribution in [0.2, 0.25) is 0 Å². The van der Waals surface area contributed by atoms with E-state index in [1.165, 1.54) is 61.1 Å². The van der Waals surface area contributed by atoms with Crippen molar-refractivity contribution in [3.63, 3.8) is 0 Å². The minimum absolute atomic E-state index is 0.618. The second kappa shape index (κ2) is 5.32. The van der Waals surface area contributed by atoms with Crippen molar-refractivity contribution in [2.75, 3.05) is 5.32 Å². The van der Waals surface area contributed by atoms with E-state index in [9.17, 15) is 0 Å². The minimum atomic E-state index is 0.618. The molecule has 3 rings (SSSR count). The molecule has 0 radical (unpaired) electrons. The summed E-state index contributed by atoms with van der Waals surface area (Å²) in [6, 6.07) is 0.618. The lowest BCUT2D eigenvalue weighted by molar-refractivity contribution is 0.285. The van der Waals surface area contributed by atoms with Crippen LogP contribution in [-0.2, 0) is 12.8 Å². The zero-order valence-electron chi connectivity index (χ0n) is 12.2. The molecule has 0 saturated heterocycles. The van der Waals surface area contributed by atoms with E-state index in [0.717, 1.165) is 5.92 Å². The van der Waals surface area contributed by atoms with E-state index >= 15 is 0 Å². The fraction of sp³-hybridized carbons (Fsp3) is 0.647. The number of hydrogen-bond donors (Lipinski definition) is 1. The van der Waals surface area contributed by atoms with Crippen molar-refractivity contribution in [1.29, 1.82) is 0 Å². The molecule has 1 N–H and O–H groups in total. The van der Waals surface area contributed by atoms with Gasteiger partial charge in [0, 0.05) is 16.5 Å². The standard InChI is InChI=1S/C17H25NS/c1-11(2)16-14-9-4-5-10-15(14)19-17(16)18-12(3)13-7-6-8-13/h12-13,18H,1,4-10H2,2-3H3. The topological polar surface area (TPSA) is 12.0 Å². The SMILES string of the molecule is C=C(C)c1c(NC(C)C2CCC2)sc2c1CCCC2. The van der Waals surface area contributed by atoms with Crippen molar-refractivity contribution in [3.05, 3.63) is 22.6 Å². The van der Waals surface area contributed by atoms with Crippen molar-refractivity contribution < 1.29 is 0 Å². The Labute approximate surface area is 121 Å². The summed E-state index contributed by atoms with van der Waals surface area (Å²) in [5.74, 6) is 0.886. The Kier molecular flexibility index (Phi) is 3.70. The van der Waals surface area contributed by atoms with Crippen molar-refractivity contribution in [3.8, 4) is 0 Å². The number of aryl methyl sites for hydroxylation is 1. The number of rotatable bonds is 4. The van der Waals surface area contributed by atoms with E-state index in [2.05, 4.69) is 25.7 Å². The molecule has 1 heterocycles. The molecule has 0 amide bonds. The maximum absolute atomic E-state index is 4.22. The van der Waals surface area contributed by atoms with Crippen molar-refractivity contribution in [2.45, 2.75) is 64.8 Å². The number of thiophene rings is 1. The summed E-state index contributed by atoms with van der Waals surface area (Å²) in [5.41, 5.74) is 4.29. The van der Waals surface area contributed by atoms with Gasteiger partial charge in [0.25, 0.3) is 0 Å². The first-order chi connectivity index (χ1) is 9.16. The van der Waals surface area contributed by atoms with Gasteiger partial charge in [0.1, 0.15) is 0 Å². The molecule has 0 aliphatic heterocycles. The van der Waals surface area contributed by atoms with Gasteiger partial charge < -0.3 is 5.32 Å². The van der Waals surface area contributed by atoms with Crippen LogP contribution in [0.3, 0.4) is 0 Å². The molecule has 2 aliphatic carbocycles. The zero-order chi connectivity index (χ0) is 13.4. The van der Waals surface area contributed by atoms with Gasteiger partial charge in [0.05, 0.1) is 5.00 Å². The Morgan fingerprint density at radius 3 is 2.63 bits per heavy atom. The maximum atomic E-state index is 4.22.